The highest BCUT2D eigenvalue weighted by Crippen LogP contribution is 2.09. The molecule has 0 fully saturated rings. The van der Waals surface area contributed by atoms with Crippen LogP contribution in [-0.4, -0.2) is 36.6 Å². The number of aliphatic hydroxyl groups is 1. The average molecular weight is 292 g/mol. The van der Waals surface area contributed by atoms with Crippen LogP contribution < -0.4 is 10.6 Å². The Bertz CT molecular complexity index is 500. The highest BCUT2D eigenvalue weighted by molar-refractivity contribution is 5.96. The number of hydrogen-bond acceptors (Lipinski definition) is 3. The molecule has 0 aromatic heterocycles. The van der Waals surface area contributed by atoms with E-state index in [-0.39, 0.29) is 30.9 Å². The average Bonchev–Trinajstić information content (AvgIpc) is 2.45. The van der Waals surface area contributed by atoms with Crippen molar-refractivity contribution in [2.24, 2.45) is 5.92 Å². The van der Waals surface area contributed by atoms with Gasteiger partial charge in [-0.2, -0.15) is 0 Å². The molecule has 3 N–H and O–H groups in total. The lowest BCUT2D eigenvalue weighted by Crippen LogP contribution is -2.38. The van der Waals surface area contributed by atoms with E-state index in [9.17, 15) is 9.59 Å². The van der Waals surface area contributed by atoms with Crippen LogP contribution in [-0.2, 0) is 4.79 Å². The normalized spacial score (nSPS) is 11.8. The molecule has 0 radical (unpaired) electrons. The summed E-state index contributed by atoms with van der Waals surface area (Å²) in [6.45, 7) is 6.45. The van der Waals surface area contributed by atoms with Gasteiger partial charge in [0.25, 0.3) is 5.91 Å². The second kappa shape index (κ2) is 8.42. The molecule has 0 aliphatic heterocycles. The first-order valence-electron chi connectivity index (χ1n) is 7.17. The van der Waals surface area contributed by atoms with E-state index in [1.54, 1.807) is 6.07 Å². The minimum Gasteiger partial charge on any atom is -0.396 e. The summed E-state index contributed by atoms with van der Waals surface area (Å²) in [5.41, 5.74) is 2.73. The van der Waals surface area contributed by atoms with Gasteiger partial charge in [0.15, 0.2) is 0 Å². The summed E-state index contributed by atoms with van der Waals surface area (Å²) in [6.07, 6.45) is 0.648. The molecule has 2 amide bonds. The molecule has 1 atom stereocenters. The fraction of sp³-hybridized carbons (Fsp3) is 0.500. The summed E-state index contributed by atoms with van der Waals surface area (Å²) in [4.78, 5) is 23.5. The lowest BCUT2D eigenvalue weighted by atomic mass is 10.1. The van der Waals surface area contributed by atoms with Crippen molar-refractivity contribution in [3.05, 3.63) is 34.9 Å². The molecule has 0 saturated heterocycles. The Morgan fingerprint density at radius 2 is 1.90 bits per heavy atom. The molecule has 0 bridgehead atoms. The van der Waals surface area contributed by atoms with E-state index in [0.717, 1.165) is 11.1 Å². The summed E-state index contributed by atoms with van der Waals surface area (Å²) in [5.74, 6) is -0.261. The second-order valence-corrected chi connectivity index (χ2v) is 5.40. The van der Waals surface area contributed by atoms with Gasteiger partial charge >= 0.3 is 0 Å². The first kappa shape index (κ1) is 17.2. The molecule has 5 heteroatoms. The summed E-state index contributed by atoms with van der Waals surface area (Å²) in [6, 6.07) is 5.45. The third-order valence-corrected chi connectivity index (χ3v) is 3.45. The molecular weight excluding hydrogens is 268 g/mol. The van der Waals surface area contributed by atoms with E-state index in [4.69, 9.17) is 5.11 Å². The Morgan fingerprint density at radius 1 is 1.19 bits per heavy atom. The lowest BCUT2D eigenvalue weighted by Gasteiger charge is -2.11. The highest BCUT2D eigenvalue weighted by Gasteiger charge is 2.09. The van der Waals surface area contributed by atoms with E-state index in [1.807, 2.05) is 32.9 Å². The van der Waals surface area contributed by atoms with Gasteiger partial charge in [-0.25, -0.2) is 0 Å². The molecule has 1 unspecified atom stereocenters. The van der Waals surface area contributed by atoms with Gasteiger partial charge in [-0.3, -0.25) is 9.59 Å². The molecule has 116 valence electrons. The SMILES string of the molecule is Cc1ccc(C(=O)NCC(=O)NCC(C)CCO)cc1C. The van der Waals surface area contributed by atoms with Crippen molar-refractivity contribution in [2.45, 2.75) is 27.2 Å². The number of benzene rings is 1. The van der Waals surface area contributed by atoms with Crippen molar-refractivity contribution in [1.29, 1.82) is 0 Å². The Kier molecular flexibility index (Phi) is 6.88. The summed E-state index contributed by atoms with van der Waals surface area (Å²) < 4.78 is 0. The molecule has 0 spiro atoms. The van der Waals surface area contributed by atoms with Crippen molar-refractivity contribution in [2.75, 3.05) is 19.7 Å². The first-order valence-corrected chi connectivity index (χ1v) is 7.17. The number of carbonyl (C=O) groups excluding carboxylic acids is 2. The van der Waals surface area contributed by atoms with Crippen molar-refractivity contribution in [3.63, 3.8) is 0 Å². The zero-order valence-corrected chi connectivity index (χ0v) is 12.9. The van der Waals surface area contributed by atoms with Crippen LogP contribution in [0.2, 0.25) is 0 Å². The monoisotopic (exact) mass is 292 g/mol. The number of carbonyl (C=O) groups is 2. The fourth-order valence-electron chi connectivity index (χ4n) is 1.82. The Hall–Kier alpha value is -1.88. The van der Waals surface area contributed by atoms with Gasteiger partial charge in [0.05, 0.1) is 6.54 Å². The van der Waals surface area contributed by atoms with Crippen LogP contribution >= 0.6 is 0 Å². The number of nitrogens with one attached hydrogen (secondary N) is 2. The Morgan fingerprint density at radius 3 is 2.52 bits per heavy atom. The molecule has 1 aromatic rings. The topological polar surface area (TPSA) is 78.4 Å². The Balaban J connectivity index is 2.38. The second-order valence-electron chi connectivity index (χ2n) is 5.40. The smallest absolute Gasteiger partial charge is 0.251 e. The van der Waals surface area contributed by atoms with Gasteiger partial charge in [0, 0.05) is 18.7 Å². The van der Waals surface area contributed by atoms with Crippen molar-refractivity contribution >= 4 is 11.8 Å². The molecule has 0 heterocycles. The van der Waals surface area contributed by atoms with E-state index >= 15 is 0 Å². The molecule has 0 aliphatic carbocycles. The fourth-order valence-corrected chi connectivity index (χ4v) is 1.82. The predicted octanol–water partition coefficient (Wildman–Crippen LogP) is 1.17. The van der Waals surface area contributed by atoms with Crippen LogP contribution in [0.1, 0.15) is 34.8 Å². The van der Waals surface area contributed by atoms with Crippen LogP contribution in [0.3, 0.4) is 0 Å². The first-order chi connectivity index (χ1) is 9.93. The number of aliphatic hydroxyl groups excluding tert-OH is 1. The van der Waals surface area contributed by atoms with E-state index in [2.05, 4.69) is 10.6 Å². The van der Waals surface area contributed by atoms with E-state index in [0.29, 0.717) is 18.5 Å². The summed E-state index contributed by atoms with van der Waals surface area (Å²) in [7, 11) is 0. The van der Waals surface area contributed by atoms with Gasteiger partial charge in [-0.1, -0.05) is 13.0 Å². The van der Waals surface area contributed by atoms with Crippen LogP contribution in [0.4, 0.5) is 0 Å². The molecule has 0 aliphatic rings. The number of rotatable bonds is 7. The molecule has 1 rings (SSSR count). The third kappa shape index (κ3) is 5.95. The number of aryl methyl sites for hydroxylation is 2. The Labute approximate surface area is 125 Å². The largest absolute Gasteiger partial charge is 0.396 e. The predicted molar refractivity (Wildman–Crippen MR) is 82.1 cm³/mol. The van der Waals surface area contributed by atoms with Gasteiger partial charge in [0.2, 0.25) is 5.91 Å². The zero-order valence-electron chi connectivity index (χ0n) is 12.9. The van der Waals surface area contributed by atoms with Gasteiger partial charge < -0.3 is 15.7 Å². The minimum absolute atomic E-state index is 0.0440. The minimum atomic E-state index is -0.253. The summed E-state index contributed by atoms with van der Waals surface area (Å²) >= 11 is 0. The number of amides is 2. The molecule has 0 saturated carbocycles. The maximum Gasteiger partial charge on any atom is 0.251 e. The van der Waals surface area contributed by atoms with Crippen molar-refractivity contribution in [3.8, 4) is 0 Å². The van der Waals surface area contributed by atoms with Gasteiger partial charge in [0.1, 0.15) is 0 Å². The molecule has 21 heavy (non-hydrogen) atoms. The van der Waals surface area contributed by atoms with Crippen LogP contribution in [0.25, 0.3) is 0 Å². The van der Waals surface area contributed by atoms with Gasteiger partial charge in [-0.15, -0.1) is 0 Å². The molecular formula is C16H24N2O3. The van der Waals surface area contributed by atoms with Crippen LogP contribution in [0.15, 0.2) is 18.2 Å². The molecule has 5 nitrogen and oxygen atoms in total. The lowest BCUT2D eigenvalue weighted by molar-refractivity contribution is -0.120. The standard InChI is InChI=1S/C16H24N2O3/c1-11(6-7-19)9-17-15(20)10-18-16(21)14-5-4-12(2)13(3)8-14/h4-5,8,11,19H,6-7,9-10H2,1-3H3,(H,17,20)(H,18,21). The zero-order chi connectivity index (χ0) is 15.8. The van der Waals surface area contributed by atoms with Gasteiger partial charge in [-0.05, 0) is 49.4 Å². The highest BCUT2D eigenvalue weighted by atomic mass is 16.3. The van der Waals surface area contributed by atoms with Crippen LogP contribution in [0, 0.1) is 19.8 Å². The summed E-state index contributed by atoms with van der Waals surface area (Å²) in [5, 5.41) is 14.1. The van der Waals surface area contributed by atoms with E-state index < -0.39 is 0 Å². The van der Waals surface area contributed by atoms with Crippen molar-refractivity contribution < 1.29 is 14.7 Å². The number of hydrogen-bond donors (Lipinski definition) is 3. The quantitative estimate of drug-likeness (QED) is 0.706. The third-order valence-electron chi connectivity index (χ3n) is 3.45. The van der Waals surface area contributed by atoms with Crippen LogP contribution in [0.5, 0.6) is 0 Å². The maximum absolute atomic E-state index is 11.9. The maximum atomic E-state index is 11.9. The van der Waals surface area contributed by atoms with E-state index in [1.165, 1.54) is 0 Å². The van der Waals surface area contributed by atoms with Crippen molar-refractivity contribution in [1.82, 2.24) is 10.6 Å². The molecule has 1 aromatic carbocycles.